The Morgan fingerprint density at radius 2 is 2.24 bits per heavy atom. The van der Waals surface area contributed by atoms with Crippen molar-refractivity contribution in [3.8, 4) is 11.4 Å². The van der Waals surface area contributed by atoms with Crippen molar-refractivity contribution in [3.63, 3.8) is 0 Å². The molecule has 2 heterocycles. The van der Waals surface area contributed by atoms with Crippen LogP contribution >= 0.6 is 0 Å². The number of amides is 1. The zero-order valence-corrected chi connectivity index (χ0v) is 9.05. The van der Waals surface area contributed by atoms with E-state index in [1.165, 1.54) is 0 Å². The first-order valence-corrected chi connectivity index (χ1v) is 5.42. The third-order valence-corrected chi connectivity index (χ3v) is 2.76. The predicted octanol–water partition coefficient (Wildman–Crippen LogP) is 0.843. The number of nitrogens with one attached hydrogen (secondary N) is 1. The molecule has 0 aromatic carbocycles. The topological polar surface area (TPSA) is 97.5 Å². The van der Waals surface area contributed by atoms with E-state index in [4.69, 9.17) is 5.73 Å². The second-order valence-electron chi connectivity index (χ2n) is 4.07. The summed E-state index contributed by atoms with van der Waals surface area (Å²) in [4.78, 5) is 26.5. The zero-order chi connectivity index (χ0) is 11.8. The number of rotatable bonds is 3. The van der Waals surface area contributed by atoms with Gasteiger partial charge >= 0.3 is 0 Å². The molecular formula is C11H11N5O. The van der Waals surface area contributed by atoms with Gasteiger partial charge in [0.05, 0.1) is 11.3 Å². The lowest BCUT2D eigenvalue weighted by Crippen LogP contribution is -2.16. The quantitative estimate of drug-likeness (QED) is 0.814. The summed E-state index contributed by atoms with van der Waals surface area (Å²) in [6.07, 6.45) is 7.20. The molecule has 0 aliphatic heterocycles. The van der Waals surface area contributed by atoms with E-state index in [9.17, 15) is 4.79 Å². The smallest absolute Gasteiger partial charge is 0.286 e. The van der Waals surface area contributed by atoms with E-state index in [-0.39, 0.29) is 5.82 Å². The molecule has 1 aliphatic rings. The van der Waals surface area contributed by atoms with Gasteiger partial charge in [0.2, 0.25) is 5.82 Å². The normalized spacial score (nSPS) is 14.8. The first kappa shape index (κ1) is 9.95. The monoisotopic (exact) mass is 229 g/mol. The van der Waals surface area contributed by atoms with Crippen molar-refractivity contribution in [2.45, 2.75) is 18.8 Å². The number of nitrogens with two attached hydrogens (primary N) is 1. The maximum absolute atomic E-state index is 11.1. The summed E-state index contributed by atoms with van der Waals surface area (Å²) in [5.41, 5.74) is 6.90. The number of hydrogen-bond donors (Lipinski definition) is 2. The lowest BCUT2D eigenvalue weighted by Gasteiger charge is -2.05. The summed E-state index contributed by atoms with van der Waals surface area (Å²) < 4.78 is 0. The largest absolute Gasteiger partial charge is 0.363 e. The number of H-pyrrole nitrogens is 1. The Kier molecular flexibility index (Phi) is 2.14. The number of primary amides is 1. The number of aromatic nitrogens is 4. The minimum Gasteiger partial charge on any atom is -0.363 e. The van der Waals surface area contributed by atoms with Crippen LogP contribution in [0.4, 0.5) is 0 Å². The highest BCUT2D eigenvalue weighted by Gasteiger charge is 2.29. The standard InChI is InChI=1S/C11H11N5O/c12-9(17)11-15-5-7(10-13-3-4-14-10)8(16-11)6-1-2-6/h3-6H,1-2H2,(H2,12,17)(H,13,14). The maximum atomic E-state index is 11.1. The van der Waals surface area contributed by atoms with E-state index in [1.54, 1.807) is 18.6 Å². The van der Waals surface area contributed by atoms with Gasteiger partial charge in [-0.1, -0.05) is 0 Å². The molecule has 1 fully saturated rings. The molecule has 0 atom stereocenters. The Morgan fingerprint density at radius 3 is 2.82 bits per heavy atom. The molecule has 0 spiro atoms. The number of nitrogens with zero attached hydrogens (tertiary/aromatic N) is 3. The van der Waals surface area contributed by atoms with Crippen molar-refractivity contribution in [2.75, 3.05) is 0 Å². The van der Waals surface area contributed by atoms with E-state index in [1.807, 2.05) is 0 Å². The molecule has 17 heavy (non-hydrogen) atoms. The average molecular weight is 229 g/mol. The third-order valence-electron chi connectivity index (χ3n) is 2.76. The molecule has 1 amide bonds. The highest BCUT2D eigenvalue weighted by atomic mass is 16.1. The molecule has 1 saturated carbocycles. The summed E-state index contributed by atoms with van der Waals surface area (Å²) in [6, 6.07) is 0. The van der Waals surface area contributed by atoms with Gasteiger partial charge in [0.15, 0.2) is 0 Å². The SMILES string of the molecule is NC(=O)c1ncc(-c2ncc[nH]2)c(C2CC2)n1. The van der Waals surface area contributed by atoms with Crippen molar-refractivity contribution >= 4 is 5.91 Å². The van der Waals surface area contributed by atoms with Gasteiger partial charge in [0, 0.05) is 24.5 Å². The Balaban J connectivity index is 2.12. The van der Waals surface area contributed by atoms with Crippen molar-refractivity contribution in [2.24, 2.45) is 5.73 Å². The first-order chi connectivity index (χ1) is 8.25. The molecule has 6 heteroatoms. The molecule has 0 radical (unpaired) electrons. The van der Waals surface area contributed by atoms with Crippen LogP contribution in [0.3, 0.4) is 0 Å². The lowest BCUT2D eigenvalue weighted by molar-refractivity contribution is 0.0990. The van der Waals surface area contributed by atoms with Crippen molar-refractivity contribution in [1.29, 1.82) is 0 Å². The van der Waals surface area contributed by atoms with Gasteiger partial charge in [-0.05, 0) is 12.8 Å². The maximum Gasteiger partial charge on any atom is 0.286 e. The number of carbonyl (C=O) groups is 1. The number of aromatic amines is 1. The van der Waals surface area contributed by atoms with Crippen LogP contribution < -0.4 is 5.73 Å². The van der Waals surface area contributed by atoms with Crippen molar-refractivity contribution in [1.82, 2.24) is 19.9 Å². The molecule has 0 bridgehead atoms. The average Bonchev–Trinajstić information content (AvgIpc) is 3.04. The van der Waals surface area contributed by atoms with Crippen molar-refractivity contribution < 1.29 is 4.79 Å². The Morgan fingerprint density at radius 1 is 1.41 bits per heavy atom. The summed E-state index contributed by atoms with van der Waals surface area (Å²) in [6.45, 7) is 0. The van der Waals surface area contributed by atoms with Gasteiger partial charge in [0.25, 0.3) is 5.91 Å². The summed E-state index contributed by atoms with van der Waals surface area (Å²) in [7, 11) is 0. The summed E-state index contributed by atoms with van der Waals surface area (Å²) >= 11 is 0. The highest BCUT2D eigenvalue weighted by Crippen LogP contribution is 2.42. The van der Waals surface area contributed by atoms with Gasteiger partial charge in [-0.2, -0.15) is 0 Å². The van der Waals surface area contributed by atoms with Gasteiger partial charge in [0.1, 0.15) is 5.82 Å². The fourth-order valence-electron chi connectivity index (χ4n) is 1.78. The summed E-state index contributed by atoms with van der Waals surface area (Å²) in [5.74, 6) is 0.597. The van der Waals surface area contributed by atoms with Crippen LogP contribution in [0.5, 0.6) is 0 Å². The lowest BCUT2D eigenvalue weighted by atomic mass is 10.1. The highest BCUT2D eigenvalue weighted by molar-refractivity contribution is 5.89. The predicted molar refractivity (Wildman–Crippen MR) is 60.1 cm³/mol. The van der Waals surface area contributed by atoms with E-state index in [0.29, 0.717) is 5.92 Å². The van der Waals surface area contributed by atoms with E-state index >= 15 is 0 Å². The fraction of sp³-hybridized carbons (Fsp3) is 0.273. The zero-order valence-electron chi connectivity index (χ0n) is 9.05. The van der Waals surface area contributed by atoms with Gasteiger partial charge < -0.3 is 10.7 Å². The Hall–Kier alpha value is -2.24. The third kappa shape index (κ3) is 1.77. The minimum atomic E-state index is -0.599. The minimum absolute atomic E-state index is 0.0715. The van der Waals surface area contributed by atoms with Gasteiger partial charge in [-0.15, -0.1) is 0 Å². The molecule has 3 N–H and O–H groups in total. The number of hydrogen-bond acceptors (Lipinski definition) is 4. The molecule has 2 aromatic heterocycles. The number of carbonyl (C=O) groups excluding carboxylic acids is 1. The Bertz CT molecular complexity index is 559. The van der Waals surface area contributed by atoms with Crippen LogP contribution in [0.25, 0.3) is 11.4 Å². The second kappa shape index (κ2) is 3.65. The number of imidazole rings is 1. The molecular weight excluding hydrogens is 218 g/mol. The molecule has 86 valence electrons. The molecule has 0 saturated heterocycles. The van der Waals surface area contributed by atoms with Gasteiger partial charge in [-0.25, -0.2) is 15.0 Å². The van der Waals surface area contributed by atoms with Crippen LogP contribution in [0.2, 0.25) is 0 Å². The van der Waals surface area contributed by atoms with Gasteiger partial charge in [-0.3, -0.25) is 4.79 Å². The fourth-order valence-corrected chi connectivity index (χ4v) is 1.78. The molecule has 3 rings (SSSR count). The molecule has 1 aliphatic carbocycles. The van der Waals surface area contributed by atoms with E-state index in [0.717, 1.165) is 29.9 Å². The Labute approximate surface area is 97.3 Å². The summed E-state index contributed by atoms with van der Waals surface area (Å²) in [5, 5.41) is 0. The van der Waals surface area contributed by atoms with Crippen molar-refractivity contribution in [3.05, 3.63) is 30.1 Å². The molecule has 0 unspecified atom stereocenters. The molecule has 6 nitrogen and oxygen atoms in total. The second-order valence-corrected chi connectivity index (χ2v) is 4.07. The van der Waals surface area contributed by atoms with Crippen LogP contribution in [-0.2, 0) is 0 Å². The van der Waals surface area contributed by atoms with Crippen LogP contribution in [0, 0.1) is 0 Å². The van der Waals surface area contributed by atoms with E-state index in [2.05, 4.69) is 19.9 Å². The van der Waals surface area contributed by atoms with E-state index < -0.39 is 5.91 Å². The van der Waals surface area contributed by atoms with Crippen LogP contribution in [0.15, 0.2) is 18.6 Å². The van der Waals surface area contributed by atoms with Crippen LogP contribution in [0.1, 0.15) is 35.1 Å². The van der Waals surface area contributed by atoms with Crippen LogP contribution in [-0.4, -0.2) is 25.8 Å². The molecule has 2 aromatic rings. The first-order valence-electron chi connectivity index (χ1n) is 5.42.